The van der Waals surface area contributed by atoms with Crippen LogP contribution >= 0.6 is 11.6 Å². The Morgan fingerprint density at radius 1 is 1.50 bits per heavy atom. The quantitative estimate of drug-likeness (QED) is 0.771. The molecule has 0 N–H and O–H groups in total. The summed E-state index contributed by atoms with van der Waals surface area (Å²) in [6.45, 7) is 0.694. The van der Waals surface area contributed by atoms with Crippen LogP contribution < -0.4 is 0 Å². The molecule has 4 heteroatoms. The number of ether oxygens (including phenoxy) is 1. The molecule has 0 bridgehead atoms. The number of nitrogens with zero attached hydrogens (tertiary/aromatic N) is 1. The highest BCUT2D eigenvalue weighted by atomic mass is 35.5. The maximum absolute atomic E-state index is 12.5. The fraction of sp³-hybridized carbons (Fsp3) is 0.571. The second kappa shape index (κ2) is 4.63. The number of ketones is 1. The number of Topliss-reactive ketones (excluding diaryl/α,β-unsaturated/α-hetero) is 1. The normalized spacial score (nSPS) is 25.7. The number of aromatic nitrogens is 1. The van der Waals surface area contributed by atoms with E-state index < -0.39 is 0 Å². The van der Waals surface area contributed by atoms with Gasteiger partial charge >= 0.3 is 0 Å². The van der Waals surface area contributed by atoms with E-state index in [0.29, 0.717) is 17.2 Å². The summed E-state index contributed by atoms with van der Waals surface area (Å²) >= 11 is 6.04. The lowest BCUT2D eigenvalue weighted by atomic mass is 9.70. The van der Waals surface area contributed by atoms with Crippen molar-refractivity contribution in [3.8, 4) is 0 Å². The van der Waals surface area contributed by atoms with Crippen LogP contribution in [0.25, 0.3) is 0 Å². The number of pyridine rings is 1. The van der Waals surface area contributed by atoms with Gasteiger partial charge in [-0.1, -0.05) is 11.6 Å². The van der Waals surface area contributed by atoms with E-state index in [1.54, 1.807) is 12.3 Å². The van der Waals surface area contributed by atoms with E-state index in [1.165, 1.54) is 12.6 Å². The van der Waals surface area contributed by atoms with Crippen molar-refractivity contribution in [1.82, 2.24) is 4.98 Å². The molecule has 1 aromatic rings. The molecule has 1 aromatic heterocycles. The zero-order chi connectivity index (χ0) is 12.6. The predicted molar refractivity (Wildman–Crippen MR) is 68.8 cm³/mol. The van der Waals surface area contributed by atoms with E-state index in [2.05, 4.69) is 4.98 Å². The first-order valence-electron chi connectivity index (χ1n) is 6.48. The van der Waals surface area contributed by atoms with Gasteiger partial charge in [0, 0.05) is 30.5 Å². The molecular weight excluding hydrogens is 250 g/mol. The van der Waals surface area contributed by atoms with Gasteiger partial charge in [0.15, 0.2) is 5.78 Å². The highest BCUT2D eigenvalue weighted by molar-refractivity contribution is 6.33. The van der Waals surface area contributed by atoms with E-state index in [9.17, 15) is 4.79 Å². The maximum atomic E-state index is 12.5. The third kappa shape index (κ3) is 2.06. The first-order valence-corrected chi connectivity index (χ1v) is 6.86. The molecule has 1 saturated carbocycles. The summed E-state index contributed by atoms with van der Waals surface area (Å²) in [7, 11) is 0. The largest absolute Gasteiger partial charge is 0.375 e. The Hall–Kier alpha value is -0.930. The first kappa shape index (κ1) is 12.1. The Labute approximate surface area is 112 Å². The van der Waals surface area contributed by atoms with Crippen molar-refractivity contribution in [3.05, 3.63) is 29.0 Å². The summed E-state index contributed by atoms with van der Waals surface area (Å²) < 4.78 is 5.85. The molecule has 2 heterocycles. The number of carbonyl (C=O) groups excluding carboxylic acids is 1. The van der Waals surface area contributed by atoms with Gasteiger partial charge in [0.05, 0.1) is 10.6 Å². The predicted octanol–water partition coefficient (Wildman–Crippen LogP) is 3.27. The Balaban J connectivity index is 1.78. The molecule has 0 aromatic carbocycles. The summed E-state index contributed by atoms with van der Waals surface area (Å²) in [5, 5.41) is 0.455. The van der Waals surface area contributed by atoms with Gasteiger partial charge in [0.1, 0.15) is 0 Å². The van der Waals surface area contributed by atoms with Crippen LogP contribution in [0.5, 0.6) is 0 Å². The molecule has 1 atom stereocenters. The van der Waals surface area contributed by atoms with Crippen LogP contribution in [-0.2, 0) is 4.74 Å². The Kier molecular flexibility index (Phi) is 3.12. The van der Waals surface area contributed by atoms with Crippen LogP contribution in [0.15, 0.2) is 18.5 Å². The Bertz CT molecular complexity index is 471. The monoisotopic (exact) mass is 265 g/mol. The molecule has 2 aliphatic rings. The van der Waals surface area contributed by atoms with Crippen LogP contribution in [0.2, 0.25) is 5.02 Å². The van der Waals surface area contributed by atoms with Crippen molar-refractivity contribution >= 4 is 17.4 Å². The van der Waals surface area contributed by atoms with Gasteiger partial charge in [-0.05, 0) is 38.2 Å². The minimum absolute atomic E-state index is 0.00190. The van der Waals surface area contributed by atoms with Crippen molar-refractivity contribution < 1.29 is 9.53 Å². The summed E-state index contributed by atoms with van der Waals surface area (Å²) in [5.41, 5.74) is 0.603. The number of rotatable bonds is 2. The van der Waals surface area contributed by atoms with Crippen molar-refractivity contribution in [3.63, 3.8) is 0 Å². The lowest BCUT2D eigenvalue weighted by Crippen LogP contribution is -2.47. The van der Waals surface area contributed by atoms with Gasteiger partial charge in [0.2, 0.25) is 0 Å². The summed E-state index contributed by atoms with van der Waals surface area (Å²) in [6.07, 6.45) is 8.23. The van der Waals surface area contributed by atoms with Crippen molar-refractivity contribution in [2.24, 2.45) is 5.92 Å². The smallest absolute Gasteiger partial charge is 0.167 e. The van der Waals surface area contributed by atoms with Gasteiger partial charge in [0.25, 0.3) is 0 Å². The van der Waals surface area contributed by atoms with Crippen molar-refractivity contribution in [2.45, 2.75) is 37.7 Å². The average molecular weight is 266 g/mol. The second-order valence-corrected chi connectivity index (χ2v) is 5.70. The molecule has 1 aliphatic carbocycles. The zero-order valence-corrected chi connectivity index (χ0v) is 10.9. The van der Waals surface area contributed by atoms with Gasteiger partial charge in [-0.2, -0.15) is 0 Å². The fourth-order valence-electron chi connectivity index (χ4n) is 2.97. The zero-order valence-electron chi connectivity index (χ0n) is 10.2. The van der Waals surface area contributed by atoms with Crippen LogP contribution in [0, 0.1) is 5.92 Å². The van der Waals surface area contributed by atoms with Gasteiger partial charge < -0.3 is 4.74 Å². The van der Waals surface area contributed by atoms with E-state index in [-0.39, 0.29) is 17.3 Å². The molecule has 0 radical (unpaired) electrons. The number of carbonyl (C=O) groups is 1. The van der Waals surface area contributed by atoms with Crippen LogP contribution in [0.3, 0.4) is 0 Å². The molecular formula is C14H16ClNO2. The molecule has 1 saturated heterocycles. The van der Waals surface area contributed by atoms with Gasteiger partial charge in [-0.15, -0.1) is 0 Å². The highest BCUT2D eigenvalue weighted by Crippen LogP contribution is 2.45. The first-order chi connectivity index (χ1) is 8.70. The van der Waals surface area contributed by atoms with E-state index in [0.717, 1.165) is 25.7 Å². The number of hydrogen-bond donors (Lipinski definition) is 0. The molecule has 1 unspecified atom stereocenters. The van der Waals surface area contributed by atoms with Crippen molar-refractivity contribution in [1.29, 1.82) is 0 Å². The van der Waals surface area contributed by atoms with Crippen LogP contribution in [0.1, 0.15) is 42.5 Å². The topological polar surface area (TPSA) is 39.2 Å². The van der Waals surface area contributed by atoms with Crippen LogP contribution in [-0.4, -0.2) is 23.0 Å². The standard InChI is InChI=1S/C14H16ClNO2/c15-12-9-16-6-2-11(12)13(17)10-3-7-18-14(8-10)4-1-5-14/h2,6,9-10H,1,3-5,7-8H2. The van der Waals surface area contributed by atoms with Gasteiger partial charge in [-0.3, -0.25) is 9.78 Å². The minimum atomic E-state index is -0.00190. The Morgan fingerprint density at radius 3 is 3.00 bits per heavy atom. The minimum Gasteiger partial charge on any atom is -0.375 e. The van der Waals surface area contributed by atoms with Gasteiger partial charge in [-0.25, -0.2) is 0 Å². The van der Waals surface area contributed by atoms with E-state index >= 15 is 0 Å². The number of hydrogen-bond acceptors (Lipinski definition) is 3. The van der Waals surface area contributed by atoms with E-state index in [1.807, 2.05) is 0 Å². The third-order valence-corrected chi connectivity index (χ3v) is 4.47. The summed E-state index contributed by atoms with van der Waals surface area (Å²) in [6, 6.07) is 1.72. The SMILES string of the molecule is O=C(c1ccncc1Cl)C1CCOC2(CCC2)C1. The summed E-state index contributed by atoms with van der Waals surface area (Å²) in [5.74, 6) is 0.205. The molecule has 18 heavy (non-hydrogen) atoms. The molecule has 0 amide bonds. The van der Waals surface area contributed by atoms with Crippen molar-refractivity contribution in [2.75, 3.05) is 6.61 Å². The van der Waals surface area contributed by atoms with E-state index in [4.69, 9.17) is 16.3 Å². The molecule has 1 spiro atoms. The second-order valence-electron chi connectivity index (χ2n) is 5.29. The molecule has 3 rings (SSSR count). The maximum Gasteiger partial charge on any atom is 0.167 e. The molecule has 3 nitrogen and oxygen atoms in total. The molecule has 2 fully saturated rings. The highest BCUT2D eigenvalue weighted by Gasteiger charge is 2.44. The average Bonchev–Trinajstić information content (AvgIpc) is 2.37. The molecule has 1 aliphatic heterocycles. The lowest BCUT2D eigenvalue weighted by Gasteiger charge is -2.46. The third-order valence-electron chi connectivity index (χ3n) is 4.17. The van der Waals surface area contributed by atoms with Crippen LogP contribution in [0.4, 0.5) is 0 Å². The fourth-order valence-corrected chi connectivity index (χ4v) is 3.18. The molecule has 96 valence electrons. The lowest BCUT2D eigenvalue weighted by molar-refractivity contribution is -0.137. The Morgan fingerprint density at radius 2 is 2.33 bits per heavy atom. The summed E-state index contributed by atoms with van der Waals surface area (Å²) in [4.78, 5) is 16.4. The number of halogens is 1.